The number of fused-ring (bicyclic) bond motifs is 1. The molecule has 5 nitrogen and oxygen atoms in total. The second kappa shape index (κ2) is 3.91. The lowest BCUT2D eigenvalue weighted by Gasteiger charge is -1.90. The molecule has 15 heavy (non-hydrogen) atoms. The number of aromatic amines is 1. The molecule has 0 bridgehead atoms. The van der Waals surface area contributed by atoms with Gasteiger partial charge in [0.15, 0.2) is 5.65 Å². The van der Waals surface area contributed by atoms with Crippen molar-refractivity contribution in [3.8, 4) is 0 Å². The molecular formula is C10H10N4O. The fourth-order valence-corrected chi connectivity index (χ4v) is 1.24. The van der Waals surface area contributed by atoms with E-state index >= 15 is 0 Å². The van der Waals surface area contributed by atoms with Crippen LogP contribution in [0.2, 0.25) is 0 Å². The van der Waals surface area contributed by atoms with Gasteiger partial charge in [-0.3, -0.25) is 9.89 Å². The van der Waals surface area contributed by atoms with E-state index in [-0.39, 0.29) is 5.91 Å². The van der Waals surface area contributed by atoms with Crippen LogP contribution in [0.3, 0.4) is 0 Å². The molecule has 2 heterocycles. The molecule has 0 aromatic carbocycles. The van der Waals surface area contributed by atoms with E-state index in [1.807, 2.05) is 12.1 Å². The van der Waals surface area contributed by atoms with Crippen molar-refractivity contribution >= 4 is 23.0 Å². The second-order valence-corrected chi connectivity index (χ2v) is 2.96. The quantitative estimate of drug-likeness (QED) is 0.705. The van der Waals surface area contributed by atoms with Crippen LogP contribution in [-0.2, 0) is 4.79 Å². The standard InChI is InChI=1S/C10H10N4O/c1-11-9(15)5-4-8-7-3-2-6-12-10(7)14-13-8/h2-6H,1H3,(H,11,15)(H,12,13,14). The summed E-state index contributed by atoms with van der Waals surface area (Å²) < 4.78 is 0. The average Bonchev–Trinajstić information content (AvgIpc) is 2.69. The number of H-pyrrole nitrogens is 1. The van der Waals surface area contributed by atoms with Gasteiger partial charge in [-0.2, -0.15) is 5.10 Å². The Bertz CT molecular complexity index is 515. The van der Waals surface area contributed by atoms with Crippen molar-refractivity contribution in [2.45, 2.75) is 0 Å². The average molecular weight is 202 g/mol. The van der Waals surface area contributed by atoms with Crippen LogP contribution in [0.25, 0.3) is 17.1 Å². The van der Waals surface area contributed by atoms with Gasteiger partial charge >= 0.3 is 0 Å². The Balaban J connectivity index is 2.36. The van der Waals surface area contributed by atoms with Gasteiger partial charge in [0.05, 0.1) is 5.69 Å². The topological polar surface area (TPSA) is 70.7 Å². The number of carbonyl (C=O) groups excluding carboxylic acids is 1. The molecule has 2 aromatic rings. The van der Waals surface area contributed by atoms with E-state index in [0.29, 0.717) is 5.65 Å². The third-order valence-electron chi connectivity index (χ3n) is 2.01. The van der Waals surface area contributed by atoms with E-state index < -0.39 is 0 Å². The molecule has 0 spiro atoms. The SMILES string of the molecule is CNC(=O)C=Cc1[nH]nc2ncccc12. The molecule has 0 aliphatic heterocycles. The first-order chi connectivity index (χ1) is 7.31. The zero-order valence-electron chi connectivity index (χ0n) is 8.19. The van der Waals surface area contributed by atoms with Crippen LogP contribution < -0.4 is 5.32 Å². The minimum absolute atomic E-state index is 0.151. The lowest BCUT2D eigenvalue weighted by molar-refractivity contribution is -0.115. The molecular weight excluding hydrogens is 192 g/mol. The Morgan fingerprint density at radius 1 is 1.60 bits per heavy atom. The smallest absolute Gasteiger partial charge is 0.243 e. The molecule has 0 fully saturated rings. The molecule has 1 amide bonds. The zero-order valence-corrected chi connectivity index (χ0v) is 8.19. The number of hydrogen-bond donors (Lipinski definition) is 2. The van der Waals surface area contributed by atoms with Gasteiger partial charge in [-0.1, -0.05) is 0 Å². The molecule has 76 valence electrons. The fourth-order valence-electron chi connectivity index (χ4n) is 1.24. The van der Waals surface area contributed by atoms with Crippen LogP contribution >= 0.6 is 0 Å². The van der Waals surface area contributed by atoms with Gasteiger partial charge in [-0.05, 0) is 18.2 Å². The Kier molecular flexibility index (Phi) is 2.45. The summed E-state index contributed by atoms with van der Waals surface area (Å²) in [6, 6.07) is 3.73. The minimum atomic E-state index is -0.151. The monoisotopic (exact) mass is 202 g/mol. The van der Waals surface area contributed by atoms with Crippen molar-refractivity contribution in [3.05, 3.63) is 30.1 Å². The van der Waals surface area contributed by atoms with Crippen molar-refractivity contribution in [2.75, 3.05) is 7.05 Å². The maximum absolute atomic E-state index is 11.0. The number of hydrogen-bond acceptors (Lipinski definition) is 3. The van der Waals surface area contributed by atoms with Crippen molar-refractivity contribution < 1.29 is 4.79 Å². The summed E-state index contributed by atoms with van der Waals surface area (Å²) >= 11 is 0. The number of amides is 1. The highest BCUT2D eigenvalue weighted by molar-refractivity contribution is 5.94. The molecule has 0 radical (unpaired) electrons. The molecule has 2 N–H and O–H groups in total. The Hall–Kier alpha value is -2.17. The van der Waals surface area contributed by atoms with Crippen LogP contribution in [0.1, 0.15) is 5.69 Å². The Morgan fingerprint density at radius 2 is 2.47 bits per heavy atom. The number of likely N-dealkylation sites (N-methyl/N-ethyl adjacent to an activating group) is 1. The lowest BCUT2D eigenvalue weighted by Crippen LogP contribution is -2.13. The number of carbonyl (C=O) groups is 1. The molecule has 2 rings (SSSR count). The summed E-state index contributed by atoms with van der Waals surface area (Å²) in [5, 5.41) is 10.2. The van der Waals surface area contributed by atoms with Crippen LogP contribution in [0, 0.1) is 0 Å². The van der Waals surface area contributed by atoms with E-state index in [4.69, 9.17) is 0 Å². The molecule has 2 aromatic heterocycles. The van der Waals surface area contributed by atoms with E-state index in [0.717, 1.165) is 11.1 Å². The Morgan fingerprint density at radius 3 is 3.27 bits per heavy atom. The normalized spacial score (nSPS) is 11.0. The predicted octanol–water partition coefficient (Wildman–Crippen LogP) is 0.717. The number of nitrogens with one attached hydrogen (secondary N) is 2. The lowest BCUT2D eigenvalue weighted by atomic mass is 10.2. The first kappa shape index (κ1) is 9.39. The van der Waals surface area contributed by atoms with E-state index in [1.54, 1.807) is 19.3 Å². The van der Waals surface area contributed by atoms with Gasteiger partial charge in [-0.15, -0.1) is 0 Å². The summed E-state index contributed by atoms with van der Waals surface area (Å²) in [7, 11) is 1.58. The maximum Gasteiger partial charge on any atom is 0.243 e. The summed E-state index contributed by atoms with van der Waals surface area (Å²) in [4.78, 5) is 15.1. The first-order valence-electron chi connectivity index (χ1n) is 4.50. The Labute approximate surface area is 86.2 Å². The second-order valence-electron chi connectivity index (χ2n) is 2.96. The first-order valence-corrected chi connectivity index (χ1v) is 4.50. The van der Waals surface area contributed by atoms with Gasteiger partial charge in [0, 0.05) is 24.7 Å². The number of pyridine rings is 1. The largest absolute Gasteiger partial charge is 0.356 e. The van der Waals surface area contributed by atoms with Crippen molar-refractivity contribution in [1.29, 1.82) is 0 Å². The highest BCUT2D eigenvalue weighted by Gasteiger charge is 2.01. The summed E-state index contributed by atoms with van der Waals surface area (Å²) in [5.41, 5.74) is 1.43. The number of nitrogens with zero attached hydrogens (tertiary/aromatic N) is 2. The minimum Gasteiger partial charge on any atom is -0.356 e. The predicted molar refractivity (Wildman–Crippen MR) is 57.0 cm³/mol. The van der Waals surface area contributed by atoms with Crippen LogP contribution in [-0.4, -0.2) is 28.1 Å². The molecule has 0 unspecified atom stereocenters. The van der Waals surface area contributed by atoms with Gasteiger partial charge in [-0.25, -0.2) is 4.98 Å². The van der Waals surface area contributed by atoms with E-state index in [9.17, 15) is 4.79 Å². The molecule has 0 aliphatic rings. The van der Waals surface area contributed by atoms with Crippen molar-refractivity contribution in [2.24, 2.45) is 0 Å². The van der Waals surface area contributed by atoms with Gasteiger partial charge in [0.25, 0.3) is 0 Å². The molecule has 0 aliphatic carbocycles. The fraction of sp³-hybridized carbons (Fsp3) is 0.100. The van der Waals surface area contributed by atoms with Crippen LogP contribution in [0.4, 0.5) is 0 Å². The van der Waals surface area contributed by atoms with Gasteiger partial charge in [0.2, 0.25) is 5.91 Å². The molecule has 0 saturated heterocycles. The molecule has 0 saturated carbocycles. The third-order valence-corrected chi connectivity index (χ3v) is 2.01. The van der Waals surface area contributed by atoms with E-state index in [2.05, 4.69) is 20.5 Å². The van der Waals surface area contributed by atoms with Crippen LogP contribution in [0.15, 0.2) is 24.4 Å². The summed E-state index contributed by atoms with van der Waals surface area (Å²) in [6.45, 7) is 0. The van der Waals surface area contributed by atoms with Crippen LogP contribution in [0.5, 0.6) is 0 Å². The van der Waals surface area contributed by atoms with E-state index in [1.165, 1.54) is 6.08 Å². The summed E-state index contributed by atoms with van der Waals surface area (Å²) in [6.07, 6.45) is 4.80. The molecule has 5 heteroatoms. The van der Waals surface area contributed by atoms with Crippen molar-refractivity contribution in [1.82, 2.24) is 20.5 Å². The number of aromatic nitrogens is 3. The summed E-state index contributed by atoms with van der Waals surface area (Å²) in [5.74, 6) is -0.151. The highest BCUT2D eigenvalue weighted by atomic mass is 16.1. The van der Waals surface area contributed by atoms with Gasteiger partial charge in [0.1, 0.15) is 0 Å². The number of rotatable bonds is 2. The maximum atomic E-state index is 11.0. The third kappa shape index (κ3) is 1.85. The molecule has 0 atom stereocenters. The highest BCUT2D eigenvalue weighted by Crippen LogP contribution is 2.13. The van der Waals surface area contributed by atoms with Gasteiger partial charge < -0.3 is 5.32 Å². The zero-order chi connectivity index (χ0) is 10.7. The van der Waals surface area contributed by atoms with Crippen molar-refractivity contribution in [3.63, 3.8) is 0 Å².